The van der Waals surface area contributed by atoms with Crippen LogP contribution in [0.3, 0.4) is 0 Å². The highest BCUT2D eigenvalue weighted by Gasteiger charge is 2.05. The molecule has 0 amide bonds. The number of para-hydroxylation sites is 1. The molecule has 0 saturated carbocycles. The van der Waals surface area contributed by atoms with Crippen molar-refractivity contribution in [2.24, 2.45) is 0 Å². The van der Waals surface area contributed by atoms with Crippen molar-refractivity contribution in [3.05, 3.63) is 55.9 Å². The lowest BCUT2D eigenvalue weighted by Gasteiger charge is -2.10. The van der Waals surface area contributed by atoms with Gasteiger partial charge >= 0.3 is 0 Å². The van der Waals surface area contributed by atoms with Crippen LogP contribution in [0.25, 0.3) is 0 Å². The Morgan fingerprint density at radius 1 is 1.11 bits per heavy atom. The summed E-state index contributed by atoms with van der Waals surface area (Å²) in [5.74, 6) is 0.259. The Labute approximate surface area is 127 Å². The molecule has 2 aromatic rings. The molecule has 18 heavy (non-hydrogen) atoms. The van der Waals surface area contributed by atoms with Gasteiger partial charge in [0.2, 0.25) is 0 Å². The van der Waals surface area contributed by atoms with Gasteiger partial charge in [-0.25, -0.2) is 0 Å². The molecular formula is C13H10Br2ClNO. The van der Waals surface area contributed by atoms with Crippen molar-refractivity contribution < 1.29 is 5.11 Å². The normalized spacial score (nSPS) is 10.4. The second-order valence-corrected chi connectivity index (χ2v) is 5.87. The number of nitrogens with one attached hydrogen (secondary N) is 1. The van der Waals surface area contributed by atoms with Gasteiger partial charge in [-0.2, -0.15) is 0 Å². The summed E-state index contributed by atoms with van der Waals surface area (Å²) >= 11 is 12.6. The number of hydrogen-bond acceptors (Lipinski definition) is 2. The summed E-state index contributed by atoms with van der Waals surface area (Å²) in [4.78, 5) is 0. The topological polar surface area (TPSA) is 32.3 Å². The van der Waals surface area contributed by atoms with Crippen molar-refractivity contribution in [3.63, 3.8) is 0 Å². The zero-order valence-electron chi connectivity index (χ0n) is 9.25. The van der Waals surface area contributed by atoms with Gasteiger partial charge in [0.1, 0.15) is 5.75 Å². The van der Waals surface area contributed by atoms with Crippen molar-refractivity contribution in [1.29, 1.82) is 0 Å². The minimum atomic E-state index is 0.259. The maximum Gasteiger partial charge on any atom is 0.134 e. The Kier molecular flexibility index (Phi) is 4.54. The van der Waals surface area contributed by atoms with E-state index in [2.05, 4.69) is 37.2 Å². The van der Waals surface area contributed by atoms with Gasteiger partial charge in [-0.1, -0.05) is 23.7 Å². The quantitative estimate of drug-likeness (QED) is 0.755. The molecule has 0 atom stereocenters. The van der Waals surface area contributed by atoms with E-state index >= 15 is 0 Å². The highest BCUT2D eigenvalue weighted by Crippen LogP contribution is 2.30. The summed E-state index contributed by atoms with van der Waals surface area (Å²) in [7, 11) is 0. The zero-order chi connectivity index (χ0) is 13.1. The van der Waals surface area contributed by atoms with Gasteiger partial charge in [0.15, 0.2) is 0 Å². The molecule has 0 bridgehead atoms. The summed E-state index contributed by atoms with van der Waals surface area (Å²) in [6, 6.07) is 11.1. The largest absolute Gasteiger partial charge is 0.506 e. The minimum absolute atomic E-state index is 0.259. The number of hydrogen-bond donors (Lipinski definition) is 2. The van der Waals surface area contributed by atoms with E-state index in [-0.39, 0.29) is 5.75 Å². The standard InChI is InChI=1S/C13H10Br2ClNO/c14-10-3-1-2-8(13(10)18)7-17-12-5-4-9(16)6-11(12)15/h1-6,17-18H,7H2. The monoisotopic (exact) mass is 389 g/mol. The first-order valence-electron chi connectivity index (χ1n) is 5.23. The van der Waals surface area contributed by atoms with E-state index < -0.39 is 0 Å². The van der Waals surface area contributed by atoms with E-state index in [1.165, 1.54) is 0 Å². The van der Waals surface area contributed by atoms with Crippen LogP contribution in [-0.4, -0.2) is 5.11 Å². The van der Waals surface area contributed by atoms with Crippen LogP contribution in [0, 0.1) is 0 Å². The van der Waals surface area contributed by atoms with Crippen LogP contribution in [0.4, 0.5) is 5.69 Å². The van der Waals surface area contributed by atoms with E-state index in [4.69, 9.17) is 11.6 Å². The molecule has 0 aliphatic rings. The number of anilines is 1. The van der Waals surface area contributed by atoms with Crippen LogP contribution in [0.5, 0.6) is 5.75 Å². The van der Waals surface area contributed by atoms with Gasteiger partial charge in [0.25, 0.3) is 0 Å². The van der Waals surface area contributed by atoms with Crippen molar-refractivity contribution in [2.45, 2.75) is 6.54 Å². The highest BCUT2D eigenvalue weighted by atomic mass is 79.9. The van der Waals surface area contributed by atoms with Gasteiger partial charge < -0.3 is 10.4 Å². The molecule has 0 aromatic heterocycles. The predicted octanol–water partition coefficient (Wildman–Crippen LogP) is 5.18. The molecule has 2 aromatic carbocycles. The fourth-order valence-electron chi connectivity index (χ4n) is 1.53. The minimum Gasteiger partial charge on any atom is -0.506 e. The van der Waals surface area contributed by atoms with Crippen LogP contribution in [0.15, 0.2) is 45.3 Å². The molecule has 2 nitrogen and oxygen atoms in total. The first-order chi connectivity index (χ1) is 8.58. The summed E-state index contributed by atoms with van der Waals surface area (Å²) in [5.41, 5.74) is 1.75. The molecule has 0 unspecified atom stereocenters. The summed E-state index contributed by atoms with van der Waals surface area (Å²) in [6.45, 7) is 0.533. The van der Waals surface area contributed by atoms with Gasteiger partial charge in [0, 0.05) is 27.3 Å². The lowest BCUT2D eigenvalue weighted by atomic mass is 10.2. The maximum atomic E-state index is 9.87. The van der Waals surface area contributed by atoms with Crippen molar-refractivity contribution in [3.8, 4) is 5.75 Å². The lowest BCUT2D eigenvalue weighted by Crippen LogP contribution is -2.00. The molecule has 0 radical (unpaired) electrons. The molecule has 0 aliphatic carbocycles. The predicted molar refractivity (Wildman–Crippen MR) is 82.3 cm³/mol. The number of phenols is 1. The van der Waals surface area contributed by atoms with Crippen molar-refractivity contribution in [2.75, 3.05) is 5.32 Å². The van der Waals surface area contributed by atoms with Crippen LogP contribution in [0.2, 0.25) is 5.02 Å². The second kappa shape index (κ2) is 5.95. The van der Waals surface area contributed by atoms with Gasteiger partial charge in [-0.05, 0) is 56.1 Å². The number of rotatable bonds is 3. The van der Waals surface area contributed by atoms with Crippen LogP contribution >= 0.6 is 43.5 Å². The average Bonchev–Trinajstić information content (AvgIpc) is 2.33. The molecule has 0 aliphatic heterocycles. The number of halogens is 3. The molecule has 0 fully saturated rings. The molecule has 5 heteroatoms. The molecule has 94 valence electrons. The molecule has 2 rings (SSSR count). The van der Waals surface area contributed by atoms with Crippen LogP contribution < -0.4 is 5.32 Å². The Morgan fingerprint density at radius 2 is 1.89 bits per heavy atom. The van der Waals surface area contributed by atoms with Gasteiger partial charge in [-0.3, -0.25) is 0 Å². The number of phenolic OH excluding ortho intramolecular Hbond substituents is 1. The van der Waals surface area contributed by atoms with Crippen LogP contribution in [-0.2, 0) is 6.54 Å². The Bertz CT molecular complexity index is 575. The fraction of sp³-hybridized carbons (Fsp3) is 0.0769. The third kappa shape index (κ3) is 3.19. The summed E-state index contributed by atoms with van der Waals surface area (Å²) in [6.07, 6.45) is 0. The van der Waals surface area contributed by atoms with E-state index in [9.17, 15) is 5.11 Å². The smallest absolute Gasteiger partial charge is 0.134 e. The number of benzene rings is 2. The molecule has 0 spiro atoms. The Balaban J connectivity index is 2.14. The zero-order valence-corrected chi connectivity index (χ0v) is 13.2. The third-order valence-electron chi connectivity index (χ3n) is 2.47. The third-order valence-corrected chi connectivity index (χ3v) is 4.00. The van der Waals surface area contributed by atoms with Crippen molar-refractivity contribution >= 4 is 49.1 Å². The Hall–Kier alpha value is -0.710. The molecule has 0 heterocycles. The van der Waals surface area contributed by atoms with E-state index in [1.54, 1.807) is 6.07 Å². The summed E-state index contributed by atoms with van der Waals surface area (Å²) in [5, 5.41) is 13.8. The molecule has 0 saturated heterocycles. The highest BCUT2D eigenvalue weighted by molar-refractivity contribution is 9.11. The number of aromatic hydroxyl groups is 1. The SMILES string of the molecule is Oc1c(Br)cccc1CNc1ccc(Cl)cc1Br. The molecular weight excluding hydrogens is 381 g/mol. The van der Waals surface area contributed by atoms with E-state index in [0.717, 1.165) is 15.7 Å². The second-order valence-electron chi connectivity index (χ2n) is 3.73. The fourth-order valence-corrected chi connectivity index (χ4v) is 2.76. The van der Waals surface area contributed by atoms with Crippen molar-refractivity contribution in [1.82, 2.24) is 0 Å². The first kappa shape index (κ1) is 13.7. The van der Waals surface area contributed by atoms with E-state index in [0.29, 0.717) is 16.0 Å². The van der Waals surface area contributed by atoms with Crippen LogP contribution in [0.1, 0.15) is 5.56 Å². The Morgan fingerprint density at radius 3 is 2.61 bits per heavy atom. The molecule has 2 N–H and O–H groups in total. The maximum absolute atomic E-state index is 9.87. The van der Waals surface area contributed by atoms with E-state index in [1.807, 2.05) is 30.3 Å². The summed E-state index contributed by atoms with van der Waals surface area (Å²) < 4.78 is 1.58. The first-order valence-corrected chi connectivity index (χ1v) is 7.19. The lowest BCUT2D eigenvalue weighted by molar-refractivity contribution is 0.465. The average molecular weight is 391 g/mol. The van der Waals surface area contributed by atoms with Gasteiger partial charge in [0.05, 0.1) is 4.47 Å². The van der Waals surface area contributed by atoms with Gasteiger partial charge in [-0.15, -0.1) is 0 Å².